The predicted octanol–water partition coefficient (Wildman–Crippen LogP) is 2.52. The molecule has 0 spiro atoms. The average molecular weight is 224 g/mol. The predicted molar refractivity (Wildman–Crippen MR) is 56.8 cm³/mol. The molecule has 76 valence electrons. The fraction of sp³-hybridized carbons (Fsp3) is 0. The van der Waals surface area contributed by atoms with Crippen molar-refractivity contribution in [3.63, 3.8) is 0 Å². The van der Waals surface area contributed by atoms with Crippen molar-refractivity contribution >= 4 is 17.3 Å². The highest BCUT2D eigenvalue weighted by Crippen LogP contribution is 2.21. The lowest BCUT2D eigenvalue weighted by Gasteiger charge is -2.01. The van der Waals surface area contributed by atoms with Crippen molar-refractivity contribution in [2.75, 3.05) is 5.73 Å². The van der Waals surface area contributed by atoms with Crippen molar-refractivity contribution in [3.05, 3.63) is 41.4 Å². The number of aromatic nitrogens is 2. The van der Waals surface area contributed by atoms with Gasteiger partial charge in [-0.1, -0.05) is 11.6 Å². The maximum atomic E-state index is 13.1. The normalized spacial score (nSPS) is 10.3. The van der Waals surface area contributed by atoms with Crippen LogP contribution in [0.1, 0.15) is 0 Å². The first-order chi connectivity index (χ1) is 7.16. The van der Waals surface area contributed by atoms with E-state index >= 15 is 0 Å². The topological polar surface area (TPSA) is 51.8 Å². The molecule has 2 rings (SSSR count). The fourth-order valence-electron chi connectivity index (χ4n) is 1.12. The van der Waals surface area contributed by atoms with Crippen LogP contribution in [0.4, 0.5) is 10.1 Å². The van der Waals surface area contributed by atoms with Crippen LogP contribution in [0.15, 0.2) is 30.6 Å². The molecule has 3 nitrogen and oxygen atoms in total. The van der Waals surface area contributed by atoms with Crippen molar-refractivity contribution in [2.24, 2.45) is 0 Å². The molecule has 0 aliphatic heterocycles. The number of nitrogens with zero attached hydrogens (tertiary/aromatic N) is 2. The Bertz CT molecular complexity index is 485. The molecule has 1 aromatic carbocycles. The second-order valence-electron chi connectivity index (χ2n) is 2.97. The molecule has 0 radical (unpaired) electrons. The van der Waals surface area contributed by atoms with Crippen LogP contribution in [0.2, 0.25) is 5.02 Å². The van der Waals surface area contributed by atoms with Gasteiger partial charge in [-0.05, 0) is 18.2 Å². The molecule has 0 saturated carbocycles. The number of halogens is 2. The van der Waals surface area contributed by atoms with Crippen molar-refractivity contribution in [2.45, 2.75) is 0 Å². The van der Waals surface area contributed by atoms with Gasteiger partial charge < -0.3 is 5.73 Å². The lowest BCUT2D eigenvalue weighted by atomic mass is 10.2. The zero-order valence-corrected chi connectivity index (χ0v) is 8.37. The summed E-state index contributed by atoms with van der Waals surface area (Å²) in [5, 5.41) is 0.0780. The number of nitrogens with two attached hydrogens (primary N) is 1. The van der Waals surface area contributed by atoms with Crippen molar-refractivity contribution in [1.82, 2.24) is 9.97 Å². The Hall–Kier alpha value is -1.68. The van der Waals surface area contributed by atoms with E-state index in [-0.39, 0.29) is 5.02 Å². The molecule has 0 bridgehead atoms. The van der Waals surface area contributed by atoms with Gasteiger partial charge in [0, 0.05) is 5.56 Å². The molecule has 15 heavy (non-hydrogen) atoms. The van der Waals surface area contributed by atoms with E-state index in [2.05, 4.69) is 9.97 Å². The summed E-state index contributed by atoms with van der Waals surface area (Å²) in [7, 11) is 0. The lowest BCUT2D eigenvalue weighted by molar-refractivity contribution is 0.628. The summed E-state index contributed by atoms with van der Waals surface area (Å²) in [6.07, 6.45) is 2.93. The lowest BCUT2D eigenvalue weighted by Crippen LogP contribution is -1.92. The third kappa shape index (κ3) is 2.05. The molecule has 2 aromatic rings. The van der Waals surface area contributed by atoms with E-state index in [1.54, 1.807) is 6.07 Å². The van der Waals surface area contributed by atoms with Gasteiger partial charge in [-0.15, -0.1) is 0 Å². The summed E-state index contributed by atoms with van der Waals surface area (Å²) < 4.78 is 13.1. The first-order valence-electron chi connectivity index (χ1n) is 4.20. The zero-order chi connectivity index (χ0) is 10.8. The monoisotopic (exact) mass is 223 g/mol. The molecule has 0 saturated heterocycles. The highest BCUT2D eigenvalue weighted by Gasteiger charge is 2.04. The molecule has 0 fully saturated rings. The van der Waals surface area contributed by atoms with E-state index in [4.69, 9.17) is 17.3 Å². The van der Waals surface area contributed by atoms with Crippen LogP contribution in [0.25, 0.3) is 11.4 Å². The van der Waals surface area contributed by atoms with Crippen LogP contribution in [-0.4, -0.2) is 9.97 Å². The first-order valence-corrected chi connectivity index (χ1v) is 4.57. The third-order valence-electron chi connectivity index (χ3n) is 1.85. The van der Waals surface area contributed by atoms with E-state index in [0.717, 1.165) is 0 Å². The second-order valence-corrected chi connectivity index (χ2v) is 3.38. The van der Waals surface area contributed by atoms with E-state index in [1.807, 2.05) is 0 Å². The molecule has 0 atom stereocenters. The minimum Gasteiger partial charge on any atom is -0.396 e. The largest absolute Gasteiger partial charge is 0.396 e. The highest BCUT2D eigenvalue weighted by atomic mass is 35.5. The number of hydrogen-bond donors (Lipinski definition) is 1. The molecule has 0 unspecified atom stereocenters. The van der Waals surface area contributed by atoms with E-state index in [0.29, 0.717) is 17.1 Å². The van der Waals surface area contributed by atoms with Gasteiger partial charge in [-0.25, -0.2) is 14.4 Å². The summed E-state index contributed by atoms with van der Waals surface area (Å²) in [6, 6.07) is 4.40. The molecule has 0 amide bonds. The molecular formula is C10H7ClFN3. The van der Waals surface area contributed by atoms with Gasteiger partial charge in [0.2, 0.25) is 0 Å². The Morgan fingerprint density at radius 3 is 2.47 bits per heavy atom. The number of benzene rings is 1. The van der Waals surface area contributed by atoms with Crippen molar-refractivity contribution in [3.8, 4) is 11.4 Å². The highest BCUT2D eigenvalue weighted by molar-refractivity contribution is 6.30. The number of nitrogen functional groups attached to an aromatic ring is 1. The summed E-state index contributed by atoms with van der Waals surface area (Å²) >= 11 is 5.56. The molecule has 5 heteroatoms. The van der Waals surface area contributed by atoms with Gasteiger partial charge >= 0.3 is 0 Å². The first kappa shape index (κ1) is 9.86. The van der Waals surface area contributed by atoms with Crippen molar-refractivity contribution in [1.29, 1.82) is 0 Å². The quantitative estimate of drug-likeness (QED) is 0.808. The van der Waals surface area contributed by atoms with E-state index < -0.39 is 5.82 Å². The Kier molecular flexibility index (Phi) is 2.51. The molecule has 2 N–H and O–H groups in total. The Labute approximate surface area is 90.7 Å². The fourth-order valence-corrected chi connectivity index (χ4v) is 1.24. The van der Waals surface area contributed by atoms with Crippen LogP contribution in [-0.2, 0) is 0 Å². The minimum absolute atomic E-state index is 0.0780. The molecule has 0 aliphatic carbocycles. The van der Waals surface area contributed by atoms with Gasteiger partial charge in [-0.3, -0.25) is 0 Å². The summed E-state index contributed by atoms with van der Waals surface area (Å²) in [6.45, 7) is 0. The van der Waals surface area contributed by atoms with Gasteiger partial charge in [0.05, 0.1) is 23.1 Å². The van der Waals surface area contributed by atoms with Crippen LogP contribution in [0, 0.1) is 5.82 Å². The number of hydrogen-bond acceptors (Lipinski definition) is 3. The Balaban J connectivity index is 2.45. The molecule has 1 aromatic heterocycles. The minimum atomic E-state index is -0.491. The van der Waals surface area contributed by atoms with Crippen molar-refractivity contribution < 1.29 is 4.39 Å². The third-order valence-corrected chi connectivity index (χ3v) is 2.16. The maximum Gasteiger partial charge on any atom is 0.159 e. The number of rotatable bonds is 1. The van der Waals surface area contributed by atoms with Gasteiger partial charge in [-0.2, -0.15) is 0 Å². The zero-order valence-electron chi connectivity index (χ0n) is 7.61. The van der Waals surface area contributed by atoms with Gasteiger partial charge in [0.1, 0.15) is 5.82 Å². The second kappa shape index (κ2) is 3.82. The van der Waals surface area contributed by atoms with Crippen LogP contribution in [0.3, 0.4) is 0 Å². The van der Waals surface area contributed by atoms with Crippen LogP contribution in [0.5, 0.6) is 0 Å². The summed E-state index contributed by atoms with van der Waals surface area (Å²) in [5.74, 6) is -0.0747. The average Bonchev–Trinajstić information content (AvgIpc) is 2.23. The van der Waals surface area contributed by atoms with Gasteiger partial charge in [0.25, 0.3) is 0 Å². The molecular weight excluding hydrogens is 217 g/mol. The van der Waals surface area contributed by atoms with E-state index in [1.165, 1.54) is 24.5 Å². The van der Waals surface area contributed by atoms with Crippen LogP contribution < -0.4 is 5.73 Å². The van der Waals surface area contributed by atoms with Gasteiger partial charge in [0.15, 0.2) is 5.82 Å². The maximum absolute atomic E-state index is 13.1. The standard InChI is InChI=1S/C10H7ClFN3/c11-8-2-1-6(3-9(8)12)10-14-4-7(13)5-15-10/h1-5H,13H2. The van der Waals surface area contributed by atoms with Crippen LogP contribution >= 0.6 is 11.6 Å². The summed E-state index contributed by atoms with van der Waals surface area (Å²) in [4.78, 5) is 7.95. The molecule has 1 heterocycles. The smallest absolute Gasteiger partial charge is 0.159 e. The van der Waals surface area contributed by atoms with E-state index in [9.17, 15) is 4.39 Å². The SMILES string of the molecule is Nc1cnc(-c2ccc(Cl)c(F)c2)nc1. The Morgan fingerprint density at radius 1 is 1.20 bits per heavy atom. The summed E-state index contributed by atoms with van der Waals surface area (Å²) in [5.41, 5.74) is 6.47. The molecule has 0 aliphatic rings. The number of anilines is 1. The Morgan fingerprint density at radius 2 is 1.87 bits per heavy atom.